The van der Waals surface area contributed by atoms with Gasteiger partial charge in [-0.25, -0.2) is 0 Å². The van der Waals surface area contributed by atoms with E-state index < -0.39 is 0 Å². The normalized spacial score (nSPS) is 10.9. The molecule has 0 atom stereocenters. The van der Waals surface area contributed by atoms with E-state index in [1.165, 1.54) is 0 Å². The molecule has 152 valence electrons. The van der Waals surface area contributed by atoms with Gasteiger partial charge in [-0.15, -0.1) is 0 Å². The van der Waals surface area contributed by atoms with Gasteiger partial charge in [0.25, 0.3) is 5.91 Å². The highest BCUT2D eigenvalue weighted by molar-refractivity contribution is 6.30. The van der Waals surface area contributed by atoms with Crippen LogP contribution < -0.4 is 10.1 Å². The Balaban J connectivity index is 1.50. The summed E-state index contributed by atoms with van der Waals surface area (Å²) in [4.78, 5) is 17.1. The first-order chi connectivity index (χ1) is 14.6. The van der Waals surface area contributed by atoms with E-state index in [1.54, 1.807) is 19.4 Å². The number of amides is 1. The second-order valence-electron chi connectivity index (χ2n) is 6.84. The largest absolute Gasteiger partial charge is 0.497 e. The first kappa shape index (κ1) is 19.9. The molecule has 6 nitrogen and oxygen atoms in total. The Bertz CT molecular complexity index is 1170. The maximum absolute atomic E-state index is 12.8. The number of benzene rings is 2. The molecule has 2 aromatic carbocycles. The number of para-hydroxylation sites is 1. The van der Waals surface area contributed by atoms with Gasteiger partial charge in [-0.1, -0.05) is 41.9 Å². The molecule has 1 amide bonds. The van der Waals surface area contributed by atoms with Crippen LogP contribution in [0.1, 0.15) is 21.7 Å². The number of pyridine rings is 1. The van der Waals surface area contributed by atoms with Crippen LogP contribution in [0.2, 0.25) is 5.02 Å². The summed E-state index contributed by atoms with van der Waals surface area (Å²) in [6.45, 7) is 1.01. The number of hydrogen-bond donors (Lipinski definition) is 1. The van der Waals surface area contributed by atoms with Crippen LogP contribution >= 0.6 is 11.6 Å². The number of hydrogen-bond acceptors (Lipinski definition) is 4. The second-order valence-corrected chi connectivity index (χ2v) is 7.28. The van der Waals surface area contributed by atoms with Crippen molar-refractivity contribution < 1.29 is 9.53 Å². The average Bonchev–Trinajstić information content (AvgIpc) is 3.14. The van der Waals surface area contributed by atoms with Gasteiger partial charge in [-0.05, 0) is 29.8 Å². The highest BCUT2D eigenvalue weighted by Crippen LogP contribution is 2.20. The van der Waals surface area contributed by atoms with E-state index in [9.17, 15) is 4.79 Å². The first-order valence-electron chi connectivity index (χ1n) is 9.61. The Kier molecular flexibility index (Phi) is 5.95. The number of fused-ring (bicyclic) bond motifs is 1. The Morgan fingerprint density at radius 2 is 1.93 bits per heavy atom. The molecule has 0 fully saturated rings. The zero-order valence-electron chi connectivity index (χ0n) is 16.5. The van der Waals surface area contributed by atoms with E-state index >= 15 is 0 Å². The number of halogens is 1. The maximum Gasteiger partial charge on any atom is 0.272 e. The van der Waals surface area contributed by atoms with Crippen LogP contribution in [0.4, 0.5) is 0 Å². The summed E-state index contributed by atoms with van der Waals surface area (Å²) in [6.07, 6.45) is 2.30. The third-order valence-corrected chi connectivity index (χ3v) is 5.06. The zero-order chi connectivity index (χ0) is 20.9. The van der Waals surface area contributed by atoms with Gasteiger partial charge in [0.2, 0.25) is 0 Å². The number of aromatic nitrogens is 3. The van der Waals surface area contributed by atoms with Crippen molar-refractivity contribution in [2.45, 2.75) is 13.0 Å². The second kappa shape index (κ2) is 8.97. The highest BCUT2D eigenvalue weighted by atomic mass is 35.5. The van der Waals surface area contributed by atoms with E-state index in [0.29, 0.717) is 30.2 Å². The molecule has 1 N–H and O–H groups in total. The van der Waals surface area contributed by atoms with Crippen LogP contribution in [-0.2, 0) is 13.0 Å². The summed E-state index contributed by atoms with van der Waals surface area (Å²) in [5, 5.41) is 9.06. The number of nitrogens with zero attached hydrogens (tertiary/aromatic N) is 3. The number of rotatable bonds is 7. The smallest absolute Gasteiger partial charge is 0.272 e. The van der Waals surface area contributed by atoms with Crippen molar-refractivity contribution >= 4 is 28.4 Å². The van der Waals surface area contributed by atoms with E-state index in [-0.39, 0.29) is 5.91 Å². The molecule has 0 bridgehead atoms. The minimum absolute atomic E-state index is 0.205. The monoisotopic (exact) mass is 420 g/mol. The van der Waals surface area contributed by atoms with Gasteiger partial charge >= 0.3 is 0 Å². The number of ether oxygens (including phenoxy) is 1. The molecule has 0 aliphatic rings. The van der Waals surface area contributed by atoms with Gasteiger partial charge in [0.05, 0.1) is 19.2 Å². The highest BCUT2D eigenvalue weighted by Gasteiger charge is 2.17. The molecule has 30 heavy (non-hydrogen) atoms. The van der Waals surface area contributed by atoms with Crippen molar-refractivity contribution in [1.29, 1.82) is 0 Å². The van der Waals surface area contributed by atoms with Crippen LogP contribution in [0.3, 0.4) is 0 Å². The molecule has 2 aromatic heterocycles. The molecule has 0 aliphatic carbocycles. The lowest BCUT2D eigenvalue weighted by atomic mass is 10.2. The number of carbonyl (C=O) groups excluding carboxylic acids is 1. The predicted octanol–water partition coefficient (Wildman–Crippen LogP) is 4.11. The van der Waals surface area contributed by atoms with Crippen molar-refractivity contribution in [1.82, 2.24) is 20.1 Å². The van der Waals surface area contributed by atoms with Crippen molar-refractivity contribution in [2.24, 2.45) is 0 Å². The van der Waals surface area contributed by atoms with Crippen LogP contribution in [-0.4, -0.2) is 34.3 Å². The van der Waals surface area contributed by atoms with Crippen LogP contribution in [0.25, 0.3) is 10.9 Å². The lowest BCUT2D eigenvalue weighted by Crippen LogP contribution is -2.26. The average molecular weight is 421 g/mol. The fraction of sp³-hybridized carbons (Fsp3) is 0.174. The molecular formula is C23H21ClN4O2. The van der Waals surface area contributed by atoms with Crippen LogP contribution in [0, 0.1) is 0 Å². The fourth-order valence-corrected chi connectivity index (χ4v) is 3.41. The Hall–Kier alpha value is -3.38. The third-order valence-electron chi connectivity index (χ3n) is 4.81. The quantitative estimate of drug-likeness (QED) is 0.488. The molecule has 7 heteroatoms. The van der Waals surface area contributed by atoms with Crippen LogP contribution in [0.15, 0.2) is 66.9 Å². The van der Waals surface area contributed by atoms with Gasteiger partial charge in [0, 0.05) is 41.3 Å². The molecule has 4 rings (SSSR count). The van der Waals surface area contributed by atoms with Crippen molar-refractivity contribution in [2.75, 3.05) is 13.7 Å². The van der Waals surface area contributed by atoms with Gasteiger partial charge in [-0.2, -0.15) is 5.10 Å². The molecule has 0 aliphatic heterocycles. The number of nitrogens with one attached hydrogen (secondary N) is 1. The summed E-state index contributed by atoms with van der Waals surface area (Å²) < 4.78 is 7.05. The summed E-state index contributed by atoms with van der Waals surface area (Å²) in [7, 11) is 1.62. The molecule has 0 spiro atoms. The molecule has 0 unspecified atom stereocenters. The number of methoxy groups -OCH3 is 1. The van der Waals surface area contributed by atoms with Crippen LogP contribution in [0.5, 0.6) is 5.75 Å². The molecule has 4 aromatic rings. The number of carbonyl (C=O) groups is 1. The molecule has 0 saturated carbocycles. The van der Waals surface area contributed by atoms with Crippen molar-refractivity contribution in [3.63, 3.8) is 0 Å². The molecular weight excluding hydrogens is 400 g/mol. The van der Waals surface area contributed by atoms with E-state index in [2.05, 4.69) is 15.4 Å². The maximum atomic E-state index is 12.8. The SMILES string of the molecule is COc1ccnc(CCNC(=O)c2nn(Cc3ccc(Cl)cc3)c3ccccc23)c1. The minimum Gasteiger partial charge on any atom is -0.497 e. The van der Waals surface area contributed by atoms with E-state index in [0.717, 1.165) is 27.9 Å². The standard InChI is InChI=1S/C23H21ClN4O2/c1-30-19-11-13-25-18(14-19)10-12-26-23(29)22-20-4-2-3-5-21(20)28(27-22)15-16-6-8-17(24)9-7-16/h2-9,11,13-14H,10,12,15H2,1H3,(H,26,29). The van der Waals surface area contributed by atoms with E-state index in [4.69, 9.17) is 16.3 Å². The summed E-state index contributed by atoms with van der Waals surface area (Å²) in [5.74, 6) is 0.544. The summed E-state index contributed by atoms with van der Waals surface area (Å²) in [6, 6.07) is 19.0. The summed E-state index contributed by atoms with van der Waals surface area (Å²) >= 11 is 5.98. The van der Waals surface area contributed by atoms with Gasteiger partial charge in [0.15, 0.2) is 5.69 Å². The fourth-order valence-electron chi connectivity index (χ4n) is 3.29. The van der Waals surface area contributed by atoms with Gasteiger partial charge in [0.1, 0.15) is 5.75 Å². The summed E-state index contributed by atoms with van der Waals surface area (Å²) in [5.41, 5.74) is 3.24. The Labute approximate surface area is 179 Å². The molecule has 0 saturated heterocycles. The lowest BCUT2D eigenvalue weighted by molar-refractivity contribution is 0.0950. The van der Waals surface area contributed by atoms with E-state index in [1.807, 2.05) is 59.3 Å². The first-order valence-corrected chi connectivity index (χ1v) is 9.99. The van der Waals surface area contributed by atoms with Crippen molar-refractivity contribution in [3.05, 3.63) is 88.8 Å². The zero-order valence-corrected chi connectivity index (χ0v) is 17.3. The third kappa shape index (κ3) is 4.44. The molecule has 0 radical (unpaired) electrons. The van der Waals surface area contributed by atoms with Gasteiger partial charge in [-0.3, -0.25) is 14.5 Å². The minimum atomic E-state index is -0.205. The molecule has 2 heterocycles. The lowest BCUT2D eigenvalue weighted by Gasteiger charge is -2.05. The Morgan fingerprint density at radius 1 is 1.13 bits per heavy atom. The topological polar surface area (TPSA) is 69.0 Å². The van der Waals surface area contributed by atoms with Crippen molar-refractivity contribution in [3.8, 4) is 5.75 Å². The Morgan fingerprint density at radius 3 is 2.73 bits per heavy atom. The van der Waals surface area contributed by atoms with Gasteiger partial charge < -0.3 is 10.1 Å². The predicted molar refractivity (Wildman–Crippen MR) is 117 cm³/mol.